The molecule has 0 radical (unpaired) electrons. The van der Waals surface area contributed by atoms with Gasteiger partial charge in [-0.15, -0.1) is 0 Å². The van der Waals surface area contributed by atoms with Gasteiger partial charge in [0.2, 0.25) is 0 Å². The van der Waals surface area contributed by atoms with Crippen molar-refractivity contribution in [2.24, 2.45) is 5.92 Å². The van der Waals surface area contributed by atoms with Crippen molar-refractivity contribution in [3.63, 3.8) is 0 Å². The first-order chi connectivity index (χ1) is 23.8. The van der Waals surface area contributed by atoms with Crippen LogP contribution >= 0.6 is 0 Å². The van der Waals surface area contributed by atoms with Crippen molar-refractivity contribution in [2.45, 2.75) is 105 Å². The van der Waals surface area contributed by atoms with E-state index in [1.165, 1.54) is 24.3 Å². The number of ether oxygens (including phenoxy) is 6. The van der Waals surface area contributed by atoms with Gasteiger partial charge in [-0.25, -0.2) is 4.79 Å². The molecular weight excluding hydrogens is 654 g/mol. The first-order valence-electron chi connectivity index (χ1n) is 16.7. The zero-order valence-corrected chi connectivity index (χ0v) is 29.4. The van der Waals surface area contributed by atoms with Crippen LogP contribution in [-0.2, 0) is 44.7 Å². The number of nitro benzene ring substituents is 1. The maximum atomic E-state index is 12.6. The molecule has 14 heteroatoms. The lowest BCUT2D eigenvalue weighted by molar-refractivity contribution is -0.384. The number of hydrogen-bond acceptors (Lipinski definition) is 13. The van der Waals surface area contributed by atoms with Crippen LogP contribution in [0.5, 0.6) is 11.5 Å². The number of nitro groups is 1. The van der Waals surface area contributed by atoms with Gasteiger partial charge in [0, 0.05) is 37.8 Å². The largest absolute Gasteiger partial charge is 0.514 e. The molecule has 14 nitrogen and oxygen atoms in total. The van der Waals surface area contributed by atoms with Gasteiger partial charge in [-0.3, -0.25) is 29.3 Å². The summed E-state index contributed by atoms with van der Waals surface area (Å²) in [5.41, 5.74) is 1.86. The van der Waals surface area contributed by atoms with Crippen LogP contribution in [0.15, 0.2) is 36.4 Å². The molecule has 0 aliphatic carbocycles. The Morgan fingerprint density at radius 3 is 1.88 bits per heavy atom. The molecule has 1 unspecified atom stereocenters. The highest BCUT2D eigenvalue weighted by Crippen LogP contribution is 2.26. The Morgan fingerprint density at radius 1 is 0.760 bits per heavy atom. The van der Waals surface area contributed by atoms with Crippen molar-refractivity contribution in [2.75, 3.05) is 13.2 Å². The van der Waals surface area contributed by atoms with E-state index in [1.54, 1.807) is 26.0 Å². The van der Waals surface area contributed by atoms with Gasteiger partial charge in [-0.1, -0.05) is 33.6 Å². The van der Waals surface area contributed by atoms with E-state index in [0.717, 1.165) is 0 Å². The normalized spacial score (nSPS) is 11.3. The molecule has 0 aliphatic rings. The maximum Gasteiger partial charge on any atom is 0.514 e. The smallest absolute Gasteiger partial charge is 0.462 e. The molecule has 0 N–H and O–H groups in total. The molecule has 2 aromatic carbocycles. The average Bonchev–Trinajstić information content (AvgIpc) is 3.05. The molecule has 0 saturated heterocycles. The number of esters is 4. The molecule has 0 saturated carbocycles. The van der Waals surface area contributed by atoms with Crippen LogP contribution in [0.25, 0.3) is 0 Å². The van der Waals surface area contributed by atoms with E-state index in [2.05, 4.69) is 0 Å². The van der Waals surface area contributed by atoms with Gasteiger partial charge in [-0.2, -0.15) is 0 Å². The minimum absolute atomic E-state index is 0.0462. The summed E-state index contributed by atoms with van der Waals surface area (Å²) in [6.07, 6.45) is 1.97. The lowest BCUT2D eigenvalue weighted by Crippen LogP contribution is -2.31. The van der Waals surface area contributed by atoms with Crippen LogP contribution in [0.4, 0.5) is 10.5 Å². The lowest BCUT2D eigenvalue weighted by Gasteiger charge is -2.19. The first kappa shape index (κ1) is 41.2. The molecule has 0 aliphatic heterocycles. The fourth-order valence-corrected chi connectivity index (χ4v) is 4.78. The van der Waals surface area contributed by atoms with Crippen molar-refractivity contribution in [3.05, 3.63) is 63.2 Å². The molecule has 0 amide bonds. The number of carbonyl (C=O) groups is 5. The molecule has 2 aromatic rings. The molecule has 50 heavy (non-hydrogen) atoms. The summed E-state index contributed by atoms with van der Waals surface area (Å²) in [4.78, 5) is 71.0. The van der Waals surface area contributed by atoms with E-state index < -0.39 is 41.1 Å². The zero-order valence-electron chi connectivity index (χ0n) is 29.4. The molecule has 0 spiro atoms. The minimum Gasteiger partial charge on any atom is -0.462 e. The summed E-state index contributed by atoms with van der Waals surface area (Å²) in [6.45, 7) is 8.61. The molecular formula is C36H47NO13. The van der Waals surface area contributed by atoms with Gasteiger partial charge in [0.15, 0.2) is 6.10 Å². The Labute approximate surface area is 291 Å². The Kier molecular flexibility index (Phi) is 18.0. The van der Waals surface area contributed by atoms with Gasteiger partial charge in [0.1, 0.15) is 31.3 Å². The van der Waals surface area contributed by atoms with E-state index in [9.17, 15) is 34.1 Å². The van der Waals surface area contributed by atoms with E-state index in [1.807, 2.05) is 20.8 Å². The van der Waals surface area contributed by atoms with Gasteiger partial charge in [0.25, 0.3) is 5.69 Å². The summed E-state index contributed by atoms with van der Waals surface area (Å²) >= 11 is 0. The number of rotatable bonds is 21. The second-order valence-corrected chi connectivity index (χ2v) is 12.0. The molecule has 2 rings (SSSR count). The van der Waals surface area contributed by atoms with Crippen LogP contribution in [-0.4, -0.2) is 54.3 Å². The van der Waals surface area contributed by atoms with E-state index in [0.29, 0.717) is 54.5 Å². The third-order valence-electron chi connectivity index (χ3n) is 7.25. The van der Waals surface area contributed by atoms with Gasteiger partial charge in [0.05, 0.1) is 4.92 Å². The highest BCUT2D eigenvalue weighted by Gasteiger charge is 2.21. The van der Waals surface area contributed by atoms with E-state index in [-0.39, 0.29) is 62.9 Å². The van der Waals surface area contributed by atoms with Crippen LogP contribution < -0.4 is 9.47 Å². The number of non-ortho nitro benzene ring substituents is 1. The Bertz CT molecular complexity index is 1410. The predicted octanol–water partition coefficient (Wildman–Crippen LogP) is 7.02. The minimum atomic E-state index is -0.977. The fraction of sp³-hybridized carbons (Fsp3) is 0.528. The monoisotopic (exact) mass is 701 g/mol. The van der Waals surface area contributed by atoms with Gasteiger partial charge < -0.3 is 28.4 Å². The Hall–Kier alpha value is -5.01. The van der Waals surface area contributed by atoms with Crippen molar-refractivity contribution in [3.8, 4) is 11.5 Å². The van der Waals surface area contributed by atoms with Crippen LogP contribution in [0.3, 0.4) is 0 Å². The Morgan fingerprint density at radius 2 is 1.34 bits per heavy atom. The highest BCUT2D eigenvalue weighted by molar-refractivity contribution is 5.73. The Balaban J connectivity index is 1.75. The first-order valence-corrected chi connectivity index (χ1v) is 16.7. The number of unbranched alkanes of at least 4 members (excludes halogenated alkanes) is 1. The van der Waals surface area contributed by atoms with Gasteiger partial charge in [-0.05, 0) is 80.0 Å². The summed E-state index contributed by atoms with van der Waals surface area (Å²) in [5, 5.41) is 10.8. The standard InChI is InChI=1S/C36H47NO13/c1-6-10-31(38)45-22-30(23-46-32(39)11-7-2)48-34(41)18-24(3)12-8-9-13-33(40)50-35-25(4)19-27(20-26(35)5)21-47-36(42)49-29-16-14-28(15-17-29)37(43)44/h14-17,19-20,24,30H,6-13,18,21-23H2,1-5H3. The second-order valence-electron chi connectivity index (χ2n) is 12.0. The van der Waals surface area contributed by atoms with Gasteiger partial charge >= 0.3 is 30.0 Å². The number of aryl methyl sites for hydroxylation is 2. The maximum absolute atomic E-state index is 12.6. The molecule has 274 valence electrons. The zero-order chi connectivity index (χ0) is 37.1. The number of nitrogens with zero attached hydrogens (tertiary/aromatic N) is 1. The number of carbonyl (C=O) groups excluding carboxylic acids is 5. The topological polar surface area (TPSA) is 184 Å². The molecule has 0 bridgehead atoms. The summed E-state index contributed by atoms with van der Waals surface area (Å²) < 4.78 is 31.6. The summed E-state index contributed by atoms with van der Waals surface area (Å²) in [5.74, 6) is -1.28. The number of hydrogen-bond donors (Lipinski definition) is 0. The van der Waals surface area contributed by atoms with Crippen LogP contribution in [0.2, 0.25) is 0 Å². The third-order valence-corrected chi connectivity index (χ3v) is 7.25. The van der Waals surface area contributed by atoms with Crippen molar-refractivity contribution in [1.29, 1.82) is 0 Å². The fourth-order valence-electron chi connectivity index (χ4n) is 4.78. The summed E-state index contributed by atoms with van der Waals surface area (Å²) in [6, 6.07) is 8.46. The second kappa shape index (κ2) is 21.9. The van der Waals surface area contributed by atoms with Crippen LogP contribution in [0.1, 0.15) is 95.2 Å². The highest BCUT2D eigenvalue weighted by atomic mass is 16.7. The van der Waals surface area contributed by atoms with Crippen LogP contribution in [0, 0.1) is 29.9 Å². The average molecular weight is 702 g/mol. The predicted molar refractivity (Wildman–Crippen MR) is 179 cm³/mol. The van der Waals surface area contributed by atoms with Crippen molar-refractivity contribution >= 4 is 35.7 Å². The molecule has 0 heterocycles. The third kappa shape index (κ3) is 15.9. The molecule has 0 aromatic heterocycles. The van der Waals surface area contributed by atoms with E-state index >= 15 is 0 Å². The number of benzene rings is 2. The summed E-state index contributed by atoms with van der Waals surface area (Å²) in [7, 11) is 0. The SMILES string of the molecule is CCCC(=O)OCC(COC(=O)CCC)OC(=O)CC(C)CCCCC(=O)Oc1c(C)cc(COC(=O)Oc2ccc([N+](=O)[O-])cc2)cc1C. The van der Waals surface area contributed by atoms with Crippen molar-refractivity contribution < 1.29 is 57.3 Å². The molecule has 1 atom stereocenters. The molecule has 0 fully saturated rings. The van der Waals surface area contributed by atoms with Crippen molar-refractivity contribution in [1.82, 2.24) is 0 Å². The lowest BCUT2D eigenvalue weighted by atomic mass is 10.00. The quantitative estimate of drug-likeness (QED) is 0.0246. The van der Waals surface area contributed by atoms with E-state index in [4.69, 9.17) is 28.4 Å².